The molecule has 0 fully saturated rings. The van der Waals surface area contributed by atoms with Gasteiger partial charge in [0.15, 0.2) is 6.10 Å². The Morgan fingerprint density at radius 3 is 2.45 bits per heavy atom. The number of nitrogens with one attached hydrogen (secondary N) is 1. The second kappa shape index (κ2) is 5.09. The molecule has 4 heteroatoms. The predicted molar refractivity (Wildman–Crippen MR) is 41.4 cm³/mol. The molecule has 0 saturated heterocycles. The van der Waals surface area contributed by atoms with Gasteiger partial charge in [0, 0.05) is 6.04 Å². The molecule has 0 aliphatic rings. The summed E-state index contributed by atoms with van der Waals surface area (Å²) in [6.07, 6.45) is 0.236. The third-order valence-corrected chi connectivity index (χ3v) is 1.60. The maximum absolute atomic E-state index is 10.3. The lowest BCUT2D eigenvalue weighted by Gasteiger charge is -2.17. The summed E-state index contributed by atoms with van der Waals surface area (Å²) in [5.41, 5.74) is 0. The van der Waals surface area contributed by atoms with E-state index >= 15 is 0 Å². The molecule has 0 aromatic carbocycles. The number of aliphatic hydroxyl groups is 1. The van der Waals surface area contributed by atoms with Gasteiger partial charge in [-0.15, -0.1) is 0 Å². The summed E-state index contributed by atoms with van der Waals surface area (Å²) in [4.78, 5) is 10.3. The summed E-state index contributed by atoms with van der Waals surface area (Å²) in [5.74, 6) is -1.17. The summed E-state index contributed by atoms with van der Waals surface area (Å²) < 4.78 is 0. The molecule has 4 nitrogen and oxygen atoms in total. The molecule has 0 heterocycles. The molecule has 0 aliphatic carbocycles. The van der Waals surface area contributed by atoms with E-state index in [1.807, 2.05) is 6.92 Å². The van der Waals surface area contributed by atoms with Crippen molar-refractivity contribution >= 4 is 5.97 Å². The molecule has 0 amide bonds. The Balaban J connectivity index is 3.91. The highest BCUT2D eigenvalue weighted by molar-refractivity contribution is 5.72. The normalized spacial score (nSPS) is 15.9. The number of carboxylic acids is 1. The van der Waals surface area contributed by atoms with Crippen LogP contribution in [0.2, 0.25) is 0 Å². The van der Waals surface area contributed by atoms with Gasteiger partial charge in [-0.3, -0.25) is 0 Å². The fourth-order valence-corrected chi connectivity index (χ4v) is 0.943. The minimum Gasteiger partial charge on any atom is -0.479 e. The van der Waals surface area contributed by atoms with E-state index in [2.05, 4.69) is 5.32 Å². The Morgan fingerprint density at radius 2 is 2.18 bits per heavy atom. The molecule has 0 rings (SSSR count). The zero-order chi connectivity index (χ0) is 8.85. The SMILES string of the molecule is CCCC(NC)C(O)C(=O)O. The van der Waals surface area contributed by atoms with Gasteiger partial charge >= 0.3 is 5.97 Å². The first kappa shape index (κ1) is 10.4. The van der Waals surface area contributed by atoms with Gasteiger partial charge in [0.1, 0.15) is 0 Å². The fraction of sp³-hybridized carbons (Fsp3) is 0.857. The summed E-state index contributed by atoms with van der Waals surface area (Å²) in [6, 6.07) is -0.336. The smallest absolute Gasteiger partial charge is 0.334 e. The molecule has 0 bridgehead atoms. The number of carboxylic acid groups (broad SMARTS) is 1. The second-order valence-corrected chi connectivity index (χ2v) is 2.47. The van der Waals surface area contributed by atoms with E-state index in [0.717, 1.165) is 6.42 Å². The van der Waals surface area contributed by atoms with Crippen LogP contribution in [0.5, 0.6) is 0 Å². The lowest BCUT2D eigenvalue weighted by atomic mass is 10.1. The van der Waals surface area contributed by atoms with Crippen molar-refractivity contribution in [3.63, 3.8) is 0 Å². The van der Waals surface area contributed by atoms with Crippen LogP contribution in [0, 0.1) is 0 Å². The van der Waals surface area contributed by atoms with Crippen LogP contribution in [-0.4, -0.2) is 35.4 Å². The van der Waals surface area contributed by atoms with Crippen LogP contribution in [0.25, 0.3) is 0 Å². The first-order valence-electron chi connectivity index (χ1n) is 3.71. The first-order valence-corrected chi connectivity index (χ1v) is 3.71. The molecule has 0 aliphatic heterocycles. The van der Waals surface area contributed by atoms with Crippen LogP contribution in [-0.2, 0) is 4.79 Å². The largest absolute Gasteiger partial charge is 0.479 e. The van der Waals surface area contributed by atoms with Gasteiger partial charge in [0.2, 0.25) is 0 Å². The number of carbonyl (C=O) groups is 1. The van der Waals surface area contributed by atoms with Crippen molar-refractivity contribution in [1.82, 2.24) is 5.32 Å². The van der Waals surface area contributed by atoms with E-state index in [1.54, 1.807) is 7.05 Å². The van der Waals surface area contributed by atoms with Crippen molar-refractivity contribution in [2.75, 3.05) is 7.05 Å². The summed E-state index contributed by atoms with van der Waals surface area (Å²) in [6.45, 7) is 1.94. The highest BCUT2D eigenvalue weighted by Crippen LogP contribution is 2.01. The van der Waals surface area contributed by atoms with Crippen LogP contribution < -0.4 is 5.32 Å². The number of aliphatic carboxylic acids is 1. The molecule has 2 unspecified atom stereocenters. The van der Waals surface area contributed by atoms with Gasteiger partial charge in [-0.1, -0.05) is 13.3 Å². The Labute approximate surface area is 66.2 Å². The molecular formula is C7H15NO3. The fourth-order valence-electron chi connectivity index (χ4n) is 0.943. The van der Waals surface area contributed by atoms with Gasteiger partial charge in [-0.05, 0) is 13.5 Å². The predicted octanol–water partition coefficient (Wildman–Crippen LogP) is -0.180. The van der Waals surface area contributed by atoms with Gasteiger partial charge in [-0.2, -0.15) is 0 Å². The summed E-state index contributed by atoms with van der Waals surface area (Å²) in [7, 11) is 1.65. The van der Waals surface area contributed by atoms with E-state index in [1.165, 1.54) is 0 Å². The Kier molecular flexibility index (Phi) is 4.81. The maximum atomic E-state index is 10.3. The standard InChI is InChI=1S/C7H15NO3/c1-3-4-5(8-2)6(9)7(10)11/h5-6,8-9H,3-4H2,1-2H3,(H,10,11). The number of hydrogen-bond acceptors (Lipinski definition) is 3. The molecule has 11 heavy (non-hydrogen) atoms. The molecule has 0 aromatic rings. The van der Waals surface area contributed by atoms with Crippen LogP contribution >= 0.6 is 0 Å². The third-order valence-electron chi connectivity index (χ3n) is 1.60. The van der Waals surface area contributed by atoms with E-state index in [9.17, 15) is 4.79 Å². The molecule has 3 N–H and O–H groups in total. The van der Waals surface area contributed by atoms with Crippen LogP contribution in [0.4, 0.5) is 0 Å². The van der Waals surface area contributed by atoms with Crippen molar-refractivity contribution in [2.24, 2.45) is 0 Å². The average Bonchev–Trinajstić information content (AvgIpc) is 1.98. The molecule has 0 aromatic heterocycles. The monoisotopic (exact) mass is 161 g/mol. The average molecular weight is 161 g/mol. The minimum atomic E-state index is -1.29. The lowest BCUT2D eigenvalue weighted by Crippen LogP contribution is -2.42. The molecule has 66 valence electrons. The number of aliphatic hydroxyl groups excluding tert-OH is 1. The first-order chi connectivity index (χ1) is 5.13. The van der Waals surface area contributed by atoms with Crippen molar-refractivity contribution < 1.29 is 15.0 Å². The van der Waals surface area contributed by atoms with Crippen molar-refractivity contribution in [2.45, 2.75) is 31.9 Å². The molecule has 0 spiro atoms. The third kappa shape index (κ3) is 3.34. The van der Waals surface area contributed by atoms with Gasteiger partial charge in [-0.25, -0.2) is 4.79 Å². The number of rotatable bonds is 5. The van der Waals surface area contributed by atoms with E-state index in [4.69, 9.17) is 10.2 Å². The van der Waals surface area contributed by atoms with Crippen molar-refractivity contribution in [1.29, 1.82) is 0 Å². The van der Waals surface area contributed by atoms with Gasteiger partial charge in [0.05, 0.1) is 0 Å². The molecule has 2 atom stereocenters. The topological polar surface area (TPSA) is 69.6 Å². The minimum absolute atomic E-state index is 0.336. The van der Waals surface area contributed by atoms with Crippen LogP contribution in [0.1, 0.15) is 19.8 Å². The molecular weight excluding hydrogens is 146 g/mol. The maximum Gasteiger partial charge on any atom is 0.334 e. The molecule has 0 saturated carbocycles. The van der Waals surface area contributed by atoms with E-state index < -0.39 is 12.1 Å². The van der Waals surface area contributed by atoms with Crippen molar-refractivity contribution in [3.05, 3.63) is 0 Å². The highest BCUT2D eigenvalue weighted by atomic mass is 16.4. The van der Waals surface area contributed by atoms with Crippen LogP contribution in [0.3, 0.4) is 0 Å². The van der Waals surface area contributed by atoms with E-state index in [0.29, 0.717) is 6.42 Å². The zero-order valence-electron chi connectivity index (χ0n) is 6.87. The molecule has 0 radical (unpaired) electrons. The van der Waals surface area contributed by atoms with Crippen molar-refractivity contribution in [3.8, 4) is 0 Å². The second-order valence-electron chi connectivity index (χ2n) is 2.47. The van der Waals surface area contributed by atoms with Crippen LogP contribution in [0.15, 0.2) is 0 Å². The summed E-state index contributed by atoms with van der Waals surface area (Å²) >= 11 is 0. The zero-order valence-corrected chi connectivity index (χ0v) is 6.87. The highest BCUT2D eigenvalue weighted by Gasteiger charge is 2.22. The quantitative estimate of drug-likeness (QED) is 0.523. The number of hydrogen-bond donors (Lipinski definition) is 3. The van der Waals surface area contributed by atoms with Gasteiger partial charge in [0.25, 0.3) is 0 Å². The Morgan fingerprint density at radius 1 is 1.64 bits per heavy atom. The number of likely N-dealkylation sites (N-methyl/N-ethyl adjacent to an activating group) is 1. The van der Waals surface area contributed by atoms with Gasteiger partial charge < -0.3 is 15.5 Å². The Bertz CT molecular complexity index is 127. The Hall–Kier alpha value is -0.610. The van der Waals surface area contributed by atoms with E-state index in [-0.39, 0.29) is 6.04 Å². The summed E-state index contributed by atoms with van der Waals surface area (Å²) in [5, 5.41) is 20.2. The lowest BCUT2D eigenvalue weighted by molar-refractivity contribution is -0.148.